The lowest BCUT2D eigenvalue weighted by atomic mass is 9.85. The molecule has 0 spiro atoms. The fourth-order valence-corrected chi connectivity index (χ4v) is 4.22. The van der Waals surface area contributed by atoms with E-state index in [-0.39, 0.29) is 0 Å². The molecule has 0 aliphatic carbocycles. The Kier molecular flexibility index (Phi) is 2.35. The van der Waals surface area contributed by atoms with Crippen LogP contribution in [0, 0.1) is 0 Å². The molecule has 2 aromatic carbocycles. The predicted octanol–water partition coefficient (Wildman–Crippen LogP) is 2.43. The van der Waals surface area contributed by atoms with Crippen LogP contribution in [0.2, 0.25) is 0 Å². The van der Waals surface area contributed by atoms with E-state index in [4.69, 9.17) is 18.9 Å². The van der Waals surface area contributed by atoms with Crippen LogP contribution in [0.4, 0.5) is 0 Å². The summed E-state index contributed by atoms with van der Waals surface area (Å²) in [6, 6.07) is 8.85. The van der Waals surface area contributed by atoms with E-state index in [9.17, 15) is 0 Å². The van der Waals surface area contributed by atoms with E-state index in [0.717, 1.165) is 42.4 Å². The number of rotatable bonds is 0. The van der Waals surface area contributed by atoms with Gasteiger partial charge >= 0.3 is 0 Å². The molecule has 1 unspecified atom stereocenters. The van der Waals surface area contributed by atoms with Gasteiger partial charge in [-0.15, -0.1) is 0 Å². The Bertz CT molecular complexity index is 918. The summed E-state index contributed by atoms with van der Waals surface area (Å²) in [6.07, 6.45) is 4.22. The van der Waals surface area contributed by atoms with Crippen LogP contribution in [-0.4, -0.2) is 30.9 Å². The Morgan fingerprint density at radius 2 is 1.71 bits per heavy atom. The Balaban J connectivity index is 1.49. The van der Waals surface area contributed by atoms with Gasteiger partial charge in [-0.25, -0.2) is 4.58 Å². The lowest BCUT2D eigenvalue weighted by Gasteiger charge is -2.28. The fourth-order valence-electron chi connectivity index (χ4n) is 4.22. The molecule has 120 valence electrons. The zero-order valence-corrected chi connectivity index (χ0v) is 13.1. The Labute approximate surface area is 139 Å². The van der Waals surface area contributed by atoms with Crippen LogP contribution >= 0.6 is 0 Å². The molecule has 0 bridgehead atoms. The molecule has 1 atom stereocenters. The minimum Gasteiger partial charge on any atom is -0.454 e. The zero-order chi connectivity index (χ0) is 15.7. The van der Waals surface area contributed by atoms with Crippen molar-refractivity contribution < 1.29 is 23.5 Å². The van der Waals surface area contributed by atoms with Crippen molar-refractivity contribution in [1.29, 1.82) is 0 Å². The first-order chi connectivity index (χ1) is 11.9. The van der Waals surface area contributed by atoms with E-state index in [1.54, 1.807) is 0 Å². The number of ether oxygens (including phenoxy) is 4. The van der Waals surface area contributed by atoms with Crippen molar-refractivity contribution in [3.8, 4) is 23.0 Å². The van der Waals surface area contributed by atoms with Crippen molar-refractivity contribution >= 4 is 6.21 Å². The molecule has 0 saturated heterocycles. The normalized spacial score (nSPS) is 21.7. The highest BCUT2D eigenvalue weighted by molar-refractivity contribution is 5.85. The largest absolute Gasteiger partial charge is 0.454 e. The molecular formula is C19H16NO4+. The van der Waals surface area contributed by atoms with E-state index in [1.807, 2.05) is 6.07 Å². The molecule has 5 heteroatoms. The summed E-state index contributed by atoms with van der Waals surface area (Å²) in [4.78, 5) is 0. The summed E-state index contributed by atoms with van der Waals surface area (Å²) in [7, 11) is 0. The summed E-state index contributed by atoms with van der Waals surface area (Å²) in [5, 5.41) is 0. The highest BCUT2D eigenvalue weighted by atomic mass is 16.7. The van der Waals surface area contributed by atoms with E-state index in [2.05, 4.69) is 29.0 Å². The molecule has 2 aromatic rings. The standard InChI is InChI=1S/C19H16NO4/c1-2-16-19(24-10-21-16)14-8-20-4-3-12-6-17-18(23-9-22-17)7-13(12)15(20)5-11(1)14/h1-2,6-8,15H,3-5,9-10H2/q+1. The van der Waals surface area contributed by atoms with Crippen LogP contribution in [0.25, 0.3) is 0 Å². The maximum atomic E-state index is 5.69. The number of benzene rings is 2. The predicted molar refractivity (Wildman–Crippen MR) is 85.6 cm³/mol. The monoisotopic (exact) mass is 322 g/mol. The maximum Gasteiger partial charge on any atom is 0.231 e. The molecule has 0 amide bonds. The van der Waals surface area contributed by atoms with Gasteiger partial charge in [0.05, 0.1) is 5.56 Å². The van der Waals surface area contributed by atoms with Crippen LogP contribution in [0.3, 0.4) is 0 Å². The van der Waals surface area contributed by atoms with Crippen molar-refractivity contribution in [1.82, 2.24) is 0 Å². The van der Waals surface area contributed by atoms with E-state index in [0.29, 0.717) is 19.6 Å². The third-order valence-corrected chi connectivity index (χ3v) is 5.41. The lowest BCUT2D eigenvalue weighted by Crippen LogP contribution is -2.33. The highest BCUT2D eigenvalue weighted by Gasteiger charge is 2.38. The summed E-state index contributed by atoms with van der Waals surface area (Å²) in [6.45, 7) is 1.64. The lowest BCUT2D eigenvalue weighted by molar-refractivity contribution is -0.573. The van der Waals surface area contributed by atoms with Crippen LogP contribution < -0.4 is 18.9 Å². The molecule has 6 rings (SSSR count). The van der Waals surface area contributed by atoms with Gasteiger partial charge in [-0.3, -0.25) is 0 Å². The molecular weight excluding hydrogens is 306 g/mol. The van der Waals surface area contributed by atoms with Crippen LogP contribution in [0.5, 0.6) is 23.0 Å². The molecule has 0 N–H and O–H groups in total. The van der Waals surface area contributed by atoms with Gasteiger partial charge in [0.15, 0.2) is 35.3 Å². The highest BCUT2D eigenvalue weighted by Crippen LogP contribution is 2.44. The maximum absolute atomic E-state index is 5.69. The van der Waals surface area contributed by atoms with Gasteiger partial charge < -0.3 is 18.9 Å². The summed E-state index contributed by atoms with van der Waals surface area (Å²) < 4.78 is 24.8. The molecule has 4 aliphatic rings. The summed E-state index contributed by atoms with van der Waals surface area (Å²) >= 11 is 0. The molecule has 0 aromatic heterocycles. The van der Waals surface area contributed by atoms with Gasteiger partial charge in [0.25, 0.3) is 0 Å². The second-order valence-electron chi connectivity index (χ2n) is 6.61. The third-order valence-electron chi connectivity index (χ3n) is 5.41. The molecule has 5 nitrogen and oxygen atoms in total. The quantitative estimate of drug-likeness (QED) is 0.699. The number of nitrogens with zero attached hydrogens (tertiary/aromatic N) is 1. The van der Waals surface area contributed by atoms with E-state index < -0.39 is 0 Å². The van der Waals surface area contributed by atoms with Crippen molar-refractivity contribution in [3.63, 3.8) is 0 Å². The van der Waals surface area contributed by atoms with Crippen LogP contribution in [0.15, 0.2) is 24.3 Å². The SMILES string of the molecule is C1=[N+]2CCc3cc4c(cc3C2Cc2ccc3c(c21)OCO3)OCO4. The number of hydrogen-bond donors (Lipinski definition) is 0. The summed E-state index contributed by atoms with van der Waals surface area (Å²) in [5.41, 5.74) is 5.21. The Morgan fingerprint density at radius 3 is 2.67 bits per heavy atom. The fraction of sp³-hybridized carbons (Fsp3) is 0.316. The second kappa shape index (κ2) is 4.44. The number of hydrogen-bond acceptors (Lipinski definition) is 4. The van der Waals surface area contributed by atoms with Crippen molar-refractivity contribution in [2.45, 2.75) is 18.9 Å². The topological polar surface area (TPSA) is 39.9 Å². The molecule has 4 heterocycles. The average Bonchev–Trinajstić information content (AvgIpc) is 3.26. The van der Waals surface area contributed by atoms with Gasteiger partial charge in [0, 0.05) is 18.4 Å². The Hall–Kier alpha value is -2.69. The van der Waals surface area contributed by atoms with Gasteiger partial charge in [0.2, 0.25) is 13.6 Å². The van der Waals surface area contributed by atoms with E-state index >= 15 is 0 Å². The average molecular weight is 322 g/mol. The van der Waals surface area contributed by atoms with Crippen LogP contribution in [0.1, 0.15) is 28.3 Å². The van der Waals surface area contributed by atoms with Gasteiger partial charge in [-0.2, -0.15) is 0 Å². The first-order valence-corrected chi connectivity index (χ1v) is 8.31. The third kappa shape index (κ3) is 1.62. The van der Waals surface area contributed by atoms with E-state index in [1.165, 1.54) is 22.3 Å². The Morgan fingerprint density at radius 1 is 0.875 bits per heavy atom. The minimum absolute atomic E-state index is 0.315. The molecule has 4 aliphatic heterocycles. The van der Waals surface area contributed by atoms with Crippen molar-refractivity contribution in [2.24, 2.45) is 0 Å². The van der Waals surface area contributed by atoms with Gasteiger partial charge in [-0.05, 0) is 29.3 Å². The van der Waals surface area contributed by atoms with Gasteiger partial charge in [-0.1, -0.05) is 6.07 Å². The smallest absolute Gasteiger partial charge is 0.231 e. The van der Waals surface area contributed by atoms with Crippen molar-refractivity contribution in [3.05, 3.63) is 46.5 Å². The summed E-state index contributed by atoms with van der Waals surface area (Å²) in [5.74, 6) is 3.49. The molecule has 24 heavy (non-hydrogen) atoms. The second-order valence-corrected chi connectivity index (χ2v) is 6.61. The van der Waals surface area contributed by atoms with Crippen LogP contribution in [-0.2, 0) is 12.8 Å². The minimum atomic E-state index is 0.315. The van der Waals surface area contributed by atoms with Crippen molar-refractivity contribution in [2.75, 3.05) is 20.1 Å². The first kappa shape index (κ1) is 12.7. The zero-order valence-electron chi connectivity index (χ0n) is 13.1. The molecule has 0 saturated carbocycles. The number of fused-ring (bicyclic) bond motifs is 7. The molecule has 0 radical (unpaired) electrons. The molecule has 0 fully saturated rings. The van der Waals surface area contributed by atoms with Gasteiger partial charge in [0.1, 0.15) is 6.54 Å². The first-order valence-electron chi connectivity index (χ1n) is 8.31.